The van der Waals surface area contributed by atoms with Crippen molar-refractivity contribution in [3.8, 4) is 11.4 Å². The molecule has 0 aliphatic heterocycles. The van der Waals surface area contributed by atoms with Gasteiger partial charge in [0, 0.05) is 18.3 Å². The number of hydrogen-bond acceptors (Lipinski definition) is 5. The summed E-state index contributed by atoms with van der Waals surface area (Å²) in [7, 11) is 1.64. The smallest absolute Gasteiger partial charge is 0.237 e. The third-order valence-electron chi connectivity index (χ3n) is 4.15. The fourth-order valence-electron chi connectivity index (χ4n) is 2.90. The molecule has 132 valence electrons. The summed E-state index contributed by atoms with van der Waals surface area (Å²) in [6, 6.07) is 7.67. The molecule has 1 heterocycles. The lowest BCUT2D eigenvalue weighted by atomic mass is 10.3. The number of rotatable bonds is 7. The summed E-state index contributed by atoms with van der Waals surface area (Å²) in [6.45, 7) is 2.72. The van der Waals surface area contributed by atoms with Gasteiger partial charge in [-0.05, 0) is 38.3 Å². The first-order valence-corrected chi connectivity index (χ1v) is 9.38. The van der Waals surface area contributed by atoms with Gasteiger partial charge in [-0.15, -0.1) is 10.2 Å². The van der Waals surface area contributed by atoms with Crippen molar-refractivity contribution in [2.45, 2.75) is 31.3 Å². The number of allylic oxidation sites excluding steroid dienone is 2. The molecule has 0 bridgehead atoms. The van der Waals surface area contributed by atoms with E-state index >= 15 is 0 Å². The first kappa shape index (κ1) is 17.5. The van der Waals surface area contributed by atoms with Crippen LogP contribution < -0.4 is 4.74 Å². The summed E-state index contributed by atoms with van der Waals surface area (Å²) < 4.78 is 7.13. The van der Waals surface area contributed by atoms with Crippen LogP contribution in [0.3, 0.4) is 0 Å². The van der Waals surface area contributed by atoms with E-state index < -0.39 is 0 Å². The van der Waals surface area contributed by atoms with Gasteiger partial charge in [-0.2, -0.15) is 0 Å². The van der Waals surface area contributed by atoms with Gasteiger partial charge in [0.2, 0.25) is 5.91 Å². The predicted molar refractivity (Wildman–Crippen MR) is 98.0 cm³/mol. The van der Waals surface area contributed by atoms with Gasteiger partial charge in [0.1, 0.15) is 12.1 Å². The summed E-state index contributed by atoms with van der Waals surface area (Å²) in [5.74, 6) is 1.22. The molecule has 0 fully saturated rings. The van der Waals surface area contributed by atoms with Gasteiger partial charge in [-0.25, -0.2) is 0 Å². The summed E-state index contributed by atoms with van der Waals surface area (Å²) in [5, 5.41) is 8.83. The summed E-state index contributed by atoms with van der Waals surface area (Å²) in [6.07, 6.45) is 7.01. The average Bonchev–Trinajstić information content (AvgIpc) is 3.32. The van der Waals surface area contributed by atoms with Gasteiger partial charge >= 0.3 is 0 Å². The summed E-state index contributed by atoms with van der Waals surface area (Å²) in [5.41, 5.74) is 2.06. The van der Waals surface area contributed by atoms with Crippen molar-refractivity contribution in [2.75, 3.05) is 19.4 Å². The fourth-order valence-corrected chi connectivity index (χ4v) is 3.71. The first-order valence-electron chi connectivity index (χ1n) is 8.39. The molecule has 0 radical (unpaired) electrons. The van der Waals surface area contributed by atoms with Crippen LogP contribution in [0.25, 0.3) is 5.69 Å². The van der Waals surface area contributed by atoms with Crippen molar-refractivity contribution in [3.05, 3.63) is 42.4 Å². The number of carbonyl (C=O) groups excluding carboxylic acids is 1. The van der Waals surface area contributed by atoms with Gasteiger partial charge in [-0.3, -0.25) is 9.36 Å². The lowest BCUT2D eigenvalue weighted by molar-refractivity contribution is -0.126. The maximum Gasteiger partial charge on any atom is 0.237 e. The van der Waals surface area contributed by atoms with E-state index in [9.17, 15) is 4.79 Å². The molecular weight excluding hydrogens is 336 g/mol. The van der Waals surface area contributed by atoms with Crippen LogP contribution in [0, 0.1) is 0 Å². The molecule has 0 spiro atoms. The molecule has 0 unspecified atom stereocenters. The van der Waals surface area contributed by atoms with Crippen molar-refractivity contribution in [3.63, 3.8) is 0 Å². The number of thioether (sulfide) groups is 1. The molecule has 1 aliphatic carbocycles. The van der Waals surface area contributed by atoms with Gasteiger partial charge < -0.3 is 9.64 Å². The second kappa shape index (κ2) is 8.20. The third-order valence-corrected chi connectivity index (χ3v) is 5.08. The van der Waals surface area contributed by atoms with Crippen LogP contribution in [0.5, 0.6) is 5.75 Å². The number of carbonyl (C=O) groups is 1. The Morgan fingerprint density at radius 3 is 3.04 bits per heavy atom. The zero-order valence-corrected chi connectivity index (χ0v) is 15.3. The topological polar surface area (TPSA) is 60.2 Å². The zero-order valence-electron chi connectivity index (χ0n) is 14.5. The molecule has 0 saturated heterocycles. The molecule has 0 atom stereocenters. The van der Waals surface area contributed by atoms with Gasteiger partial charge in [0.15, 0.2) is 5.16 Å². The van der Waals surface area contributed by atoms with E-state index in [1.54, 1.807) is 13.4 Å². The minimum absolute atomic E-state index is 0.112. The summed E-state index contributed by atoms with van der Waals surface area (Å²) >= 11 is 1.40. The minimum atomic E-state index is 0.112. The van der Waals surface area contributed by atoms with E-state index in [0.717, 1.165) is 36.4 Å². The molecule has 6 nitrogen and oxygen atoms in total. The fraction of sp³-hybridized carbons (Fsp3) is 0.389. The number of ether oxygens (including phenoxy) is 1. The largest absolute Gasteiger partial charge is 0.497 e. The normalized spacial score (nSPS) is 13.6. The Labute approximate surface area is 151 Å². The second-order valence-electron chi connectivity index (χ2n) is 5.70. The molecule has 3 rings (SSSR count). The molecule has 0 N–H and O–H groups in total. The van der Waals surface area contributed by atoms with Crippen molar-refractivity contribution in [1.29, 1.82) is 0 Å². The van der Waals surface area contributed by atoms with Gasteiger partial charge in [0.05, 0.1) is 18.6 Å². The third kappa shape index (κ3) is 4.04. The maximum absolute atomic E-state index is 12.6. The highest BCUT2D eigenvalue weighted by Gasteiger charge is 2.19. The quantitative estimate of drug-likeness (QED) is 0.711. The van der Waals surface area contributed by atoms with Crippen molar-refractivity contribution >= 4 is 17.7 Å². The SMILES string of the molecule is CCN(C(=O)CSc1nncn1-c1cccc(OC)c1)C1=CCCC1. The minimum Gasteiger partial charge on any atom is -0.497 e. The van der Waals surface area contributed by atoms with Crippen molar-refractivity contribution in [1.82, 2.24) is 19.7 Å². The first-order chi connectivity index (χ1) is 12.2. The molecule has 0 saturated carbocycles. The number of methoxy groups -OCH3 is 1. The van der Waals surface area contributed by atoms with Crippen molar-refractivity contribution < 1.29 is 9.53 Å². The number of hydrogen-bond donors (Lipinski definition) is 0. The second-order valence-corrected chi connectivity index (χ2v) is 6.64. The van der Waals surface area contributed by atoms with E-state index in [0.29, 0.717) is 17.5 Å². The Kier molecular flexibility index (Phi) is 5.75. The number of amides is 1. The Morgan fingerprint density at radius 2 is 2.32 bits per heavy atom. The van der Waals surface area contributed by atoms with Crippen molar-refractivity contribution in [2.24, 2.45) is 0 Å². The molecule has 1 aliphatic rings. The number of benzene rings is 1. The van der Waals surface area contributed by atoms with Crippen LogP contribution in [-0.2, 0) is 4.79 Å². The predicted octanol–water partition coefficient (Wildman–Crippen LogP) is 3.28. The number of nitrogens with zero attached hydrogens (tertiary/aromatic N) is 4. The Hall–Kier alpha value is -2.28. The van der Waals surface area contributed by atoms with E-state index in [-0.39, 0.29) is 5.91 Å². The van der Waals surface area contributed by atoms with E-state index in [1.165, 1.54) is 11.8 Å². The molecule has 25 heavy (non-hydrogen) atoms. The average molecular weight is 358 g/mol. The maximum atomic E-state index is 12.6. The Morgan fingerprint density at radius 1 is 1.44 bits per heavy atom. The Balaban J connectivity index is 1.70. The lowest BCUT2D eigenvalue weighted by Crippen LogP contribution is -2.31. The Bertz CT molecular complexity index is 772. The van der Waals surface area contributed by atoms with Crippen LogP contribution in [-0.4, -0.2) is 45.0 Å². The molecule has 7 heteroatoms. The lowest BCUT2D eigenvalue weighted by Gasteiger charge is -2.22. The van der Waals surface area contributed by atoms with Crippen LogP contribution in [0.15, 0.2) is 47.5 Å². The molecule has 1 aromatic carbocycles. The van der Waals surface area contributed by atoms with E-state index in [2.05, 4.69) is 16.3 Å². The zero-order chi connectivity index (χ0) is 17.6. The molecular formula is C18H22N4O2S. The highest BCUT2D eigenvalue weighted by molar-refractivity contribution is 7.99. The molecule has 2 aromatic rings. The highest BCUT2D eigenvalue weighted by atomic mass is 32.2. The molecule has 1 amide bonds. The van der Waals surface area contributed by atoms with Crippen LogP contribution in [0.4, 0.5) is 0 Å². The molecule has 1 aromatic heterocycles. The van der Waals surface area contributed by atoms with E-state index in [1.807, 2.05) is 40.7 Å². The monoisotopic (exact) mass is 358 g/mol. The standard InChI is InChI=1S/C18H22N4O2S/c1-3-21(14-7-4-5-8-14)17(23)12-25-18-20-19-13-22(18)15-9-6-10-16(11-15)24-2/h6-7,9-11,13H,3-5,8,12H2,1-2H3. The van der Waals surface area contributed by atoms with Gasteiger partial charge in [0.25, 0.3) is 0 Å². The van der Waals surface area contributed by atoms with Gasteiger partial charge in [-0.1, -0.05) is 23.9 Å². The van der Waals surface area contributed by atoms with Crippen LogP contribution in [0.1, 0.15) is 26.2 Å². The van der Waals surface area contributed by atoms with Crippen LogP contribution in [0.2, 0.25) is 0 Å². The van der Waals surface area contributed by atoms with E-state index in [4.69, 9.17) is 4.74 Å². The summed E-state index contributed by atoms with van der Waals surface area (Å²) in [4.78, 5) is 14.5. The van der Waals surface area contributed by atoms with Crippen LogP contribution >= 0.6 is 11.8 Å². The number of aromatic nitrogens is 3. The highest BCUT2D eigenvalue weighted by Crippen LogP contribution is 2.25.